The van der Waals surface area contributed by atoms with Crippen LogP contribution in [0.1, 0.15) is 36.0 Å². The lowest BCUT2D eigenvalue weighted by Crippen LogP contribution is -1.95. The van der Waals surface area contributed by atoms with Crippen molar-refractivity contribution < 1.29 is 14.3 Å². The molecule has 0 atom stereocenters. The molecule has 0 saturated heterocycles. The molecule has 0 unspecified atom stereocenters. The van der Waals surface area contributed by atoms with Crippen LogP contribution in [-0.4, -0.2) is 16.1 Å². The second-order valence-electron chi connectivity index (χ2n) is 1.95. The number of aromatic nitrogens is 1. The smallest absolute Gasteiger partial charge is 0.373 e. The molecule has 0 spiro atoms. The average molecular weight is 171 g/mol. The first-order valence-electron chi connectivity index (χ1n) is 3.78. The number of nitrogens with zero attached hydrogens (tertiary/aromatic N) is 1. The summed E-state index contributed by atoms with van der Waals surface area (Å²) in [4.78, 5) is 14.1. The quantitative estimate of drug-likeness (QED) is 0.702. The van der Waals surface area contributed by atoms with Crippen molar-refractivity contribution >= 4 is 5.97 Å². The molecular weight excluding hydrogens is 158 g/mol. The van der Waals surface area contributed by atoms with E-state index in [0.717, 1.165) is 0 Å². The Bertz CT molecular complexity index is 265. The van der Waals surface area contributed by atoms with E-state index < -0.39 is 5.97 Å². The summed E-state index contributed by atoms with van der Waals surface area (Å²) in [6, 6.07) is 0. The summed E-state index contributed by atoms with van der Waals surface area (Å²) in [5.41, 5.74) is 0.421. The molecule has 0 fully saturated rings. The van der Waals surface area contributed by atoms with E-state index in [9.17, 15) is 4.79 Å². The number of carbonyl (C=O) groups is 1. The predicted octanol–water partition coefficient (Wildman–Crippen LogP) is 2.02. The zero-order chi connectivity index (χ0) is 9.72. The lowest BCUT2D eigenvalue weighted by Gasteiger charge is -1.83. The Morgan fingerprint density at radius 1 is 1.42 bits per heavy atom. The summed E-state index contributed by atoms with van der Waals surface area (Å²) >= 11 is 0. The lowest BCUT2D eigenvalue weighted by molar-refractivity contribution is 0.0660. The molecule has 0 bridgehead atoms. The van der Waals surface area contributed by atoms with Crippen LogP contribution in [0.5, 0.6) is 0 Å². The molecule has 1 aromatic rings. The van der Waals surface area contributed by atoms with Crippen LogP contribution in [0, 0.1) is 13.8 Å². The van der Waals surface area contributed by atoms with Crippen LogP contribution < -0.4 is 0 Å². The van der Waals surface area contributed by atoms with Gasteiger partial charge in [-0.1, -0.05) is 13.8 Å². The van der Waals surface area contributed by atoms with E-state index in [1.807, 2.05) is 13.8 Å². The van der Waals surface area contributed by atoms with Crippen LogP contribution in [-0.2, 0) is 0 Å². The maximum absolute atomic E-state index is 10.3. The second-order valence-corrected chi connectivity index (χ2v) is 1.95. The van der Waals surface area contributed by atoms with Crippen LogP contribution in [0.2, 0.25) is 0 Å². The number of hydrogen-bond donors (Lipinski definition) is 1. The summed E-state index contributed by atoms with van der Waals surface area (Å²) < 4.78 is 4.77. The topological polar surface area (TPSA) is 63.3 Å². The van der Waals surface area contributed by atoms with Crippen LogP contribution in [0.4, 0.5) is 0 Å². The first-order chi connectivity index (χ1) is 5.61. The third-order valence-electron chi connectivity index (χ3n) is 1.10. The van der Waals surface area contributed by atoms with Gasteiger partial charge in [-0.3, -0.25) is 0 Å². The highest BCUT2D eigenvalue weighted by Crippen LogP contribution is 2.07. The largest absolute Gasteiger partial charge is 0.475 e. The van der Waals surface area contributed by atoms with Crippen molar-refractivity contribution in [2.75, 3.05) is 0 Å². The van der Waals surface area contributed by atoms with Gasteiger partial charge in [-0.25, -0.2) is 9.78 Å². The SMILES string of the molecule is CC.Cc1nc(C)c(C(=O)O)o1. The molecular formula is C8H13NO3. The van der Waals surface area contributed by atoms with Crippen LogP contribution in [0.3, 0.4) is 0 Å². The molecule has 0 aliphatic rings. The fourth-order valence-electron chi connectivity index (χ4n) is 0.730. The molecule has 0 amide bonds. The Morgan fingerprint density at radius 3 is 2.08 bits per heavy atom. The Kier molecular flexibility index (Phi) is 4.04. The first-order valence-corrected chi connectivity index (χ1v) is 3.78. The van der Waals surface area contributed by atoms with Gasteiger partial charge in [-0.15, -0.1) is 0 Å². The van der Waals surface area contributed by atoms with Crippen molar-refractivity contribution in [1.82, 2.24) is 4.98 Å². The molecule has 0 aliphatic carbocycles. The average Bonchev–Trinajstić information content (AvgIpc) is 2.34. The summed E-state index contributed by atoms with van der Waals surface area (Å²) in [6.45, 7) is 7.21. The summed E-state index contributed by atoms with van der Waals surface area (Å²) in [5.74, 6) is -0.759. The molecule has 12 heavy (non-hydrogen) atoms. The lowest BCUT2D eigenvalue weighted by atomic mass is 10.4. The van der Waals surface area contributed by atoms with E-state index >= 15 is 0 Å². The number of rotatable bonds is 1. The van der Waals surface area contributed by atoms with Crippen molar-refractivity contribution in [1.29, 1.82) is 0 Å². The van der Waals surface area contributed by atoms with E-state index in [1.54, 1.807) is 13.8 Å². The van der Waals surface area contributed by atoms with Gasteiger partial charge in [-0.05, 0) is 6.92 Å². The third kappa shape index (κ3) is 2.38. The van der Waals surface area contributed by atoms with E-state index in [2.05, 4.69) is 4.98 Å². The zero-order valence-electron chi connectivity index (χ0n) is 7.71. The molecule has 4 heteroatoms. The third-order valence-corrected chi connectivity index (χ3v) is 1.10. The molecule has 1 heterocycles. The predicted molar refractivity (Wildman–Crippen MR) is 44.3 cm³/mol. The highest BCUT2D eigenvalue weighted by Gasteiger charge is 2.13. The summed E-state index contributed by atoms with van der Waals surface area (Å²) in [7, 11) is 0. The number of carboxylic acids is 1. The number of carboxylic acid groups (broad SMARTS) is 1. The fraction of sp³-hybridized carbons (Fsp3) is 0.500. The Morgan fingerprint density at radius 2 is 1.92 bits per heavy atom. The number of oxazole rings is 1. The van der Waals surface area contributed by atoms with E-state index in [4.69, 9.17) is 9.52 Å². The van der Waals surface area contributed by atoms with Gasteiger partial charge in [0.2, 0.25) is 5.76 Å². The van der Waals surface area contributed by atoms with Gasteiger partial charge in [0.25, 0.3) is 0 Å². The summed E-state index contributed by atoms with van der Waals surface area (Å²) in [6.07, 6.45) is 0. The van der Waals surface area contributed by atoms with Crippen molar-refractivity contribution in [2.45, 2.75) is 27.7 Å². The van der Waals surface area contributed by atoms with E-state index in [-0.39, 0.29) is 5.76 Å². The molecule has 0 radical (unpaired) electrons. The number of aryl methyl sites for hydroxylation is 2. The molecule has 68 valence electrons. The number of hydrogen-bond acceptors (Lipinski definition) is 3. The van der Waals surface area contributed by atoms with Crippen molar-refractivity contribution in [3.8, 4) is 0 Å². The zero-order valence-corrected chi connectivity index (χ0v) is 7.71. The Hall–Kier alpha value is -1.32. The van der Waals surface area contributed by atoms with Gasteiger partial charge in [0.15, 0.2) is 5.89 Å². The van der Waals surface area contributed by atoms with Gasteiger partial charge in [0.05, 0.1) is 5.69 Å². The molecule has 0 saturated carbocycles. The fourth-order valence-corrected chi connectivity index (χ4v) is 0.730. The van der Waals surface area contributed by atoms with Crippen LogP contribution >= 0.6 is 0 Å². The maximum atomic E-state index is 10.3. The minimum Gasteiger partial charge on any atom is -0.475 e. The Labute approximate surface area is 71.2 Å². The van der Waals surface area contributed by atoms with Gasteiger partial charge in [0, 0.05) is 6.92 Å². The Balaban J connectivity index is 0.000000561. The van der Waals surface area contributed by atoms with Gasteiger partial charge in [0.1, 0.15) is 0 Å². The molecule has 1 rings (SSSR count). The highest BCUT2D eigenvalue weighted by atomic mass is 16.4. The van der Waals surface area contributed by atoms with Gasteiger partial charge < -0.3 is 9.52 Å². The van der Waals surface area contributed by atoms with Crippen LogP contribution in [0.15, 0.2) is 4.42 Å². The molecule has 0 aliphatic heterocycles. The second kappa shape index (κ2) is 4.54. The number of aromatic carboxylic acids is 1. The van der Waals surface area contributed by atoms with Crippen molar-refractivity contribution in [3.63, 3.8) is 0 Å². The van der Waals surface area contributed by atoms with Crippen LogP contribution in [0.25, 0.3) is 0 Å². The molecule has 1 N–H and O–H groups in total. The monoisotopic (exact) mass is 171 g/mol. The van der Waals surface area contributed by atoms with Crippen molar-refractivity contribution in [3.05, 3.63) is 17.3 Å². The minimum atomic E-state index is -1.07. The standard InChI is InChI=1S/C6H7NO3.C2H6/c1-3-5(6(8)9)10-4(2)7-3;1-2/h1-2H3,(H,8,9);1-2H3. The van der Waals surface area contributed by atoms with E-state index in [0.29, 0.717) is 11.6 Å². The highest BCUT2D eigenvalue weighted by molar-refractivity contribution is 5.85. The molecule has 4 nitrogen and oxygen atoms in total. The molecule has 0 aromatic carbocycles. The first kappa shape index (κ1) is 10.7. The minimum absolute atomic E-state index is 0.0718. The van der Waals surface area contributed by atoms with Crippen molar-refractivity contribution in [2.24, 2.45) is 0 Å². The van der Waals surface area contributed by atoms with Gasteiger partial charge in [-0.2, -0.15) is 0 Å². The summed E-state index contributed by atoms with van der Waals surface area (Å²) in [5, 5.41) is 8.45. The van der Waals surface area contributed by atoms with Gasteiger partial charge >= 0.3 is 5.97 Å². The maximum Gasteiger partial charge on any atom is 0.373 e. The molecule has 1 aromatic heterocycles. The normalized spacial score (nSPS) is 8.67. The van der Waals surface area contributed by atoms with E-state index in [1.165, 1.54) is 0 Å².